The normalized spacial score (nSPS) is 23.5. The van der Waals surface area contributed by atoms with Crippen LogP contribution in [-0.2, 0) is 10.0 Å². The number of aromatic nitrogens is 2. The fourth-order valence-corrected chi connectivity index (χ4v) is 5.88. The van der Waals surface area contributed by atoms with E-state index in [1.807, 2.05) is 7.05 Å². The predicted octanol–water partition coefficient (Wildman–Crippen LogP) is 2.50. The molecule has 2 aliphatic heterocycles. The standard InChI is InChI=1S/C18H22F2N4O3S/c1-12-21-17(22-27-12)15-10-18(11-23(15)2)5-7-24(8-6-18)28(25,26)16-4-3-13(19)9-14(16)20/h3-4,9,15H,5-8,10-11H2,1-2H3. The van der Waals surface area contributed by atoms with Crippen LogP contribution >= 0.6 is 0 Å². The maximum Gasteiger partial charge on any atom is 0.245 e. The zero-order valence-corrected chi connectivity index (χ0v) is 16.5. The van der Waals surface area contributed by atoms with Gasteiger partial charge in [-0.15, -0.1) is 0 Å². The fraction of sp³-hybridized carbons (Fsp3) is 0.556. The molecule has 7 nitrogen and oxygen atoms in total. The van der Waals surface area contributed by atoms with Crippen LogP contribution in [0.2, 0.25) is 0 Å². The van der Waals surface area contributed by atoms with Crippen LogP contribution in [0, 0.1) is 24.0 Å². The minimum Gasteiger partial charge on any atom is -0.340 e. The number of sulfonamides is 1. The van der Waals surface area contributed by atoms with Gasteiger partial charge in [0, 0.05) is 32.6 Å². The first-order valence-corrected chi connectivity index (χ1v) is 10.6. The lowest BCUT2D eigenvalue weighted by atomic mass is 9.77. The lowest BCUT2D eigenvalue weighted by molar-refractivity contribution is 0.161. The summed E-state index contributed by atoms with van der Waals surface area (Å²) in [5.41, 5.74) is -0.0404. The van der Waals surface area contributed by atoms with E-state index in [2.05, 4.69) is 15.0 Å². The van der Waals surface area contributed by atoms with Crippen molar-refractivity contribution in [3.63, 3.8) is 0 Å². The molecule has 0 N–H and O–H groups in total. The smallest absolute Gasteiger partial charge is 0.245 e. The molecule has 3 heterocycles. The van der Waals surface area contributed by atoms with E-state index in [-0.39, 0.29) is 11.5 Å². The van der Waals surface area contributed by atoms with E-state index in [1.54, 1.807) is 6.92 Å². The van der Waals surface area contributed by atoms with E-state index in [0.717, 1.165) is 25.1 Å². The Bertz CT molecular complexity index is 986. The van der Waals surface area contributed by atoms with Crippen LogP contribution in [0.25, 0.3) is 0 Å². The molecule has 0 radical (unpaired) electrons. The summed E-state index contributed by atoms with van der Waals surface area (Å²) in [5.74, 6) is -0.689. The second kappa shape index (κ2) is 6.85. The highest BCUT2D eigenvalue weighted by Gasteiger charge is 2.47. The van der Waals surface area contributed by atoms with Gasteiger partial charge in [-0.3, -0.25) is 4.90 Å². The summed E-state index contributed by atoms with van der Waals surface area (Å²) >= 11 is 0. The molecular weight excluding hydrogens is 390 g/mol. The first kappa shape index (κ1) is 19.4. The van der Waals surface area contributed by atoms with Crippen LogP contribution in [-0.4, -0.2) is 54.4 Å². The number of hydrogen-bond acceptors (Lipinski definition) is 6. The SMILES string of the molecule is Cc1nc(C2CC3(CCN(S(=O)(=O)c4ccc(F)cc4F)CC3)CN2C)no1. The van der Waals surface area contributed by atoms with Crippen molar-refractivity contribution in [2.45, 2.75) is 37.1 Å². The Morgan fingerprint density at radius 3 is 2.57 bits per heavy atom. The van der Waals surface area contributed by atoms with Gasteiger partial charge in [0.15, 0.2) is 5.82 Å². The third-order valence-electron chi connectivity index (χ3n) is 5.88. The average molecular weight is 412 g/mol. The highest BCUT2D eigenvalue weighted by molar-refractivity contribution is 7.89. The van der Waals surface area contributed by atoms with Gasteiger partial charge in [-0.2, -0.15) is 9.29 Å². The van der Waals surface area contributed by atoms with Crippen molar-refractivity contribution in [2.24, 2.45) is 5.41 Å². The third-order valence-corrected chi connectivity index (χ3v) is 7.81. The number of piperidine rings is 1. The van der Waals surface area contributed by atoms with Gasteiger partial charge in [0.2, 0.25) is 15.9 Å². The largest absolute Gasteiger partial charge is 0.340 e. The highest BCUT2D eigenvalue weighted by Crippen LogP contribution is 2.48. The summed E-state index contributed by atoms with van der Waals surface area (Å²) in [6, 6.07) is 2.59. The van der Waals surface area contributed by atoms with Gasteiger partial charge in [-0.1, -0.05) is 5.16 Å². The molecule has 4 rings (SSSR count). The summed E-state index contributed by atoms with van der Waals surface area (Å²) in [5, 5.41) is 4.03. The summed E-state index contributed by atoms with van der Waals surface area (Å²) in [4.78, 5) is 6.03. The van der Waals surface area contributed by atoms with Gasteiger partial charge >= 0.3 is 0 Å². The Morgan fingerprint density at radius 1 is 1.25 bits per heavy atom. The minimum atomic E-state index is -3.99. The molecule has 0 amide bonds. The topological polar surface area (TPSA) is 79.5 Å². The molecule has 1 aromatic heterocycles. The van der Waals surface area contributed by atoms with Gasteiger partial charge in [0.1, 0.15) is 16.5 Å². The van der Waals surface area contributed by atoms with E-state index >= 15 is 0 Å². The second-order valence-corrected chi connectivity index (χ2v) is 9.69. The maximum atomic E-state index is 14.0. The van der Waals surface area contributed by atoms with Gasteiger partial charge in [0.05, 0.1) is 6.04 Å². The first-order valence-electron chi connectivity index (χ1n) is 9.16. The molecule has 28 heavy (non-hydrogen) atoms. The summed E-state index contributed by atoms with van der Waals surface area (Å²) in [6.07, 6.45) is 2.14. The second-order valence-electron chi connectivity index (χ2n) is 7.79. The van der Waals surface area contributed by atoms with Crippen LogP contribution in [0.3, 0.4) is 0 Å². The molecule has 0 bridgehead atoms. The number of nitrogens with zero attached hydrogens (tertiary/aromatic N) is 4. The highest BCUT2D eigenvalue weighted by atomic mass is 32.2. The van der Waals surface area contributed by atoms with Crippen molar-refractivity contribution in [3.05, 3.63) is 41.5 Å². The minimum absolute atomic E-state index is 0.0372. The Kier molecular flexibility index (Phi) is 4.75. The van der Waals surface area contributed by atoms with E-state index < -0.39 is 26.6 Å². The fourth-order valence-electron chi connectivity index (χ4n) is 4.40. The van der Waals surface area contributed by atoms with Crippen LogP contribution in [0.5, 0.6) is 0 Å². The number of hydrogen-bond donors (Lipinski definition) is 0. The number of halogens is 2. The Hall–Kier alpha value is -1.91. The molecule has 1 atom stereocenters. The van der Waals surface area contributed by atoms with Crippen LogP contribution < -0.4 is 0 Å². The van der Waals surface area contributed by atoms with Gasteiger partial charge in [0.25, 0.3) is 0 Å². The zero-order chi connectivity index (χ0) is 20.1. The van der Waals surface area contributed by atoms with E-state index in [9.17, 15) is 17.2 Å². The van der Waals surface area contributed by atoms with Crippen LogP contribution in [0.15, 0.2) is 27.6 Å². The Labute approximate surface area is 162 Å². The van der Waals surface area contributed by atoms with Gasteiger partial charge < -0.3 is 4.52 Å². The lowest BCUT2D eigenvalue weighted by Crippen LogP contribution is -2.44. The number of likely N-dealkylation sites (tertiary alicyclic amines) is 1. The first-order chi connectivity index (χ1) is 13.2. The summed E-state index contributed by atoms with van der Waals surface area (Å²) in [7, 11) is -1.99. The molecule has 2 aliphatic rings. The van der Waals surface area contributed by atoms with E-state index in [4.69, 9.17) is 4.52 Å². The predicted molar refractivity (Wildman–Crippen MR) is 95.8 cm³/mol. The van der Waals surface area contributed by atoms with Gasteiger partial charge in [-0.25, -0.2) is 17.2 Å². The molecule has 1 spiro atoms. The molecule has 0 aliphatic carbocycles. The van der Waals surface area contributed by atoms with Crippen molar-refractivity contribution < 1.29 is 21.7 Å². The molecule has 10 heteroatoms. The number of aryl methyl sites for hydroxylation is 1. The molecular formula is C18H22F2N4O3S. The average Bonchev–Trinajstić information content (AvgIpc) is 3.18. The molecule has 2 fully saturated rings. The van der Waals surface area contributed by atoms with Crippen molar-refractivity contribution in [1.29, 1.82) is 0 Å². The molecule has 1 aromatic carbocycles. The van der Waals surface area contributed by atoms with Crippen LogP contribution in [0.4, 0.5) is 8.78 Å². The van der Waals surface area contributed by atoms with Crippen molar-refractivity contribution in [1.82, 2.24) is 19.3 Å². The third kappa shape index (κ3) is 3.33. The Morgan fingerprint density at radius 2 is 1.96 bits per heavy atom. The summed E-state index contributed by atoms with van der Waals surface area (Å²) < 4.78 is 59.1. The van der Waals surface area contributed by atoms with Crippen molar-refractivity contribution in [2.75, 3.05) is 26.7 Å². The number of benzene rings is 1. The molecule has 152 valence electrons. The zero-order valence-electron chi connectivity index (χ0n) is 15.7. The molecule has 2 aromatic rings. The van der Waals surface area contributed by atoms with E-state index in [1.165, 1.54) is 4.31 Å². The molecule has 2 saturated heterocycles. The maximum absolute atomic E-state index is 14.0. The molecule has 0 saturated carbocycles. The van der Waals surface area contributed by atoms with Crippen molar-refractivity contribution in [3.8, 4) is 0 Å². The van der Waals surface area contributed by atoms with Crippen molar-refractivity contribution >= 4 is 10.0 Å². The Balaban J connectivity index is 1.49. The molecule has 1 unspecified atom stereocenters. The number of rotatable bonds is 3. The lowest BCUT2D eigenvalue weighted by Gasteiger charge is -2.38. The van der Waals surface area contributed by atoms with E-state index in [0.29, 0.717) is 43.7 Å². The van der Waals surface area contributed by atoms with Gasteiger partial charge in [-0.05, 0) is 43.9 Å². The monoisotopic (exact) mass is 412 g/mol. The van der Waals surface area contributed by atoms with Crippen LogP contribution in [0.1, 0.15) is 37.0 Å². The summed E-state index contributed by atoms with van der Waals surface area (Å²) in [6.45, 7) is 3.15. The quantitative estimate of drug-likeness (QED) is 0.771.